The summed E-state index contributed by atoms with van der Waals surface area (Å²) in [6.45, 7) is 7.03. The largest absolute Gasteiger partial charge is 0.367 e. The Hall–Kier alpha value is -2.94. The molecule has 9 heteroatoms. The Morgan fingerprint density at radius 2 is 2.18 bits per heavy atom. The lowest BCUT2D eigenvalue weighted by atomic mass is 9.96. The molecule has 1 amide bonds. The number of benzene rings is 1. The highest BCUT2D eigenvalue weighted by Gasteiger charge is 2.37. The van der Waals surface area contributed by atoms with Gasteiger partial charge in [0.2, 0.25) is 0 Å². The van der Waals surface area contributed by atoms with Crippen molar-refractivity contribution in [1.29, 1.82) is 0 Å². The van der Waals surface area contributed by atoms with E-state index in [-0.39, 0.29) is 23.2 Å². The van der Waals surface area contributed by atoms with Gasteiger partial charge in [0, 0.05) is 43.0 Å². The number of nitrogens with zero attached hydrogens (tertiary/aromatic N) is 4. The Kier molecular flexibility index (Phi) is 5.37. The SMILES string of the molecule is CC(C)NC(=O)c1ccc(N2CCOC(C)(c3cnn(C)c3)C2)c([N+](=O)[O-])c1. The minimum absolute atomic E-state index is 0.0503. The number of aryl methyl sites for hydroxylation is 1. The molecule has 3 rings (SSSR count). The lowest BCUT2D eigenvalue weighted by molar-refractivity contribution is -0.384. The molecule has 1 unspecified atom stereocenters. The highest BCUT2D eigenvalue weighted by atomic mass is 16.6. The Balaban J connectivity index is 1.91. The zero-order valence-electron chi connectivity index (χ0n) is 16.5. The Labute approximate surface area is 163 Å². The van der Waals surface area contributed by atoms with Crippen molar-refractivity contribution in [3.05, 3.63) is 51.8 Å². The monoisotopic (exact) mass is 387 g/mol. The molecule has 28 heavy (non-hydrogen) atoms. The molecule has 0 bridgehead atoms. The number of carbonyl (C=O) groups excluding carboxylic acids is 1. The zero-order chi connectivity index (χ0) is 20.5. The summed E-state index contributed by atoms with van der Waals surface area (Å²) in [5.74, 6) is -0.327. The quantitative estimate of drug-likeness (QED) is 0.623. The standard InChI is InChI=1S/C19H25N5O4/c1-13(2)21-18(25)14-5-6-16(17(9-14)24(26)27)23-7-8-28-19(3,12-23)15-10-20-22(4)11-15/h5-6,9-11,13H,7-8,12H2,1-4H3,(H,21,25). The molecular formula is C19H25N5O4. The number of rotatable bonds is 5. The van der Waals surface area contributed by atoms with Crippen molar-refractivity contribution in [2.24, 2.45) is 7.05 Å². The summed E-state index contributed by atoms with van der Waals surface area (Å²) < 4.78 is 7.70. The van der Waals surface area contributed by atoms with E-state index in [4.69, 9.17) is 4.74 Å². The maximum atomic E-state index is 12.2. The predicted octanol–water partition coefficient (Wildman–Crippen LogP) is 2.22. The van der Waals surface area contributed by atoms with Gasteiger partial charge in [-0.15, -0.1) is 0 Å². The summed E-state index contributed by atoms with van der Waals surface area (Å²) in [4.78, 5) is 25.4. The van der Waals surface area contributed by atoms with Crippen LogP contribution in [0.5, 0.6) is 0 Å². The van der Waals surface area contributed by atoms with Gasteiger partial charge in [-0.3, -0.25) is 19.6 Å². The van der Waals surface area contributed by atoms with Crippen molar-refractivity contribution < 1.29 is 14.5 Å². The average molecular weight is 387 g/mol. The van der Waals surface area contributed by atoms with Crippen molar-refractivity contribution >= 4 is 17.3 Å². The van der Waals surface area contributed by atoms with Gasteiger partial charge >= 0.3 is 0 Å². The number of nitro benzene ring substituents is 1. The second-order valence-electron chi connectivity index (χ2n) is 7.49. The average Bonchev–Trinajstić information content (AvgIpc) is 3.08. The van der Waals surface area contributed by atoms with E-state index in [1.165, 1.54) is 6.07 Å². The Bertz CT molecular complexity index is 894. The van der Waals surface area contributed by atoms with Crippen LogP contribution in [0.15, 0.2) is 30.6 Å². The van der Waals surface area contributed by atoms with Gasteiger partial charge in [0.15, 0.2) is 0 Å². The molecule has 1 aromatic heterocycles. The number of hydrogen-bond acceptors (Lipinski definition) is 6. The number of aromatic nitrogens is 2. The Morgan fingerprint density at radius 3 is 2.79 bits per heavy atom. The molecule has 1 aromatic carbocycles. The number of nitro groups is 1. The van der Waals surface area contributed by atoms with Crippen LogP contribution in [0.25, 0.3) is 0 Å². The molecule has 2 aromatic rings. The maximum absolute atomic E-state index is 12.2. The fourth-order valence-electron chi connectivity index (χ4n) is 3.37. The van der Waals surface area contributed by atoms with Crippen LogP contribution in [0, 0.1) is 10.1 Å². The smallest absolute Gasteiger partial charge is 0.293 e. The summed E-state index contributed by atoms with van der Waals surface area (Å²) in [5, 5.41) is 18.7. The molecule has 2 heterocycles. The van der Waals surface area contributed by atoms with Gasteiger partial charge < -0.3 is 15.0 Å². The molecule has 1 atom stereocenters. The topological polar surface area (TPSA) is 103 Å². The van der Waals surface area contributed by atoms with E-state index in [9.17, 15) is 14.9 Å². The molecule has 1 fully saturated rings. The van der Waals surface area contributed by atoms with Crippen LogP contribution in [0.4, 0.5) is 11.4 Å². The zero-order valence-corrected chi connectivity index (χ0v) is 16.5. The van der Waals surface area contributed by atoms with Crippen molar-refractivity contribution in [2.75, 3.05) is 24.6 Å². The van der Waals surface area contributed by atoms with E-state index < -0.39 is 10.5 Å². The van der Waals surface area contributed by atoms with Gasteiger partial charge in [-0.2, -0.15) is 5.10 Å². The van der Waals surface area contributed by atoms with Crippen LogP contribution in [-0.2, 0) is 17.4 Å². The number of ether oxygens (including phenoxy) is 1. The van der Waals surface area contributed by atoms with Crippen LogP contribution in [-0.4, -0.2) is 46.3 Å². The lowest BCUT2D eigenvalue weighted by Crippen LogP contribution is -2.48. The van der Waals surface area contributed by atoms with Gasteiger partial charge in [0.1, 0.15) is 11.3 Å². The maximum Gasteiger partial charge on any atom is 0.293 e. The molecule has 0 saturated carbocycles. The molecule has 1 aliphatic rings. The molecule has 9 nitrogen and oxygen atoms in total. The first-order valence-corrected chi connectivity index (χ1v) is 9.17. The molecular weight excluding hydrogens is 362 g/mol. The summed E-state index contributed by atoms with van der Waals surface area (Å²) >= 11 is 0. The fraction of sp³-hybridized carbons (Fsp3) is 0.474. The number of amides is 1. The van der Waals surface area contributed by atoms with Gasteiger partial charge in [-0.25, -0.2) is 0 Å². The fourth-order valence-corrected chi connectivity index (χ4v) is 3.37. The lowest BCUT2D eigenvalue weighted by Gasteiger charge is -2.41. The van der Waals surface area contributed by atoms with Gasteiger partial charge in [0.25, 0.3) is 11.6 Å². The van der Waals surface area contributed by atoms with E-state index >= 15 is 0 Å². The molecule has 1 saturated heterocycles. The van der Waals surface area contributed by atoms with Crippen LogP contribution in [0.3, 0.4) is 0 Å². The molecule has 0 spiro atoms. The molecule has 150 valence electrons. The third kappa shape index (κ3) is 3.99. The molecule has 1 aliphatic heterocycles. The summed E-state index contributed by atoms with van der Waals surface area (Å²) in [7, 11) is 1.83. The molecule has 0 aliphatic carbocycles. The predicted molar refractivity (Wildman–Crippen MR) is 104 cm³/mol. The van der Waals surface area contributed by atoms with E-state index in [0.29, 0.717) is 25.4 Å². The van der Waals surface area contributed by atoms with Gasteiger partial charge in [-0.1, -0.05) is 0 Å². The number of morpholine rings is 1. The van der Waals surface area contributed by atoms with Crippen LogP contribution in [0.1, 0.15) is 36.7 Å². The van der Waals surface area contributed by atoms with E-state index in [1.54, 1.807) is 23.0 Å². The number of nitrogens with one attached hydrogen (secondary N) is 1. The minimum Gasteiger partial charge on any atom is -0.367 e. The van der Waals surface area contributed by atoms with Crippen LogP contribution in [0.2, 0.25) is 0 Å². The van der Waals surface area contributed by atoms with Crippen molar-refractivity contribution in [3.8, 4) is 0 Å². The number of carbonyl (C=O) groups is 1. The minimum atomic E-state index is -0.631. The number of anilines is 1. The van der Waals surface area contributed by atoms with Gasteiger partial charge in [-0.05, 0) is 32.9 Å². The Morgan fingerprint density at radius 1 is 1.43 bits per heavy atom. The van der Waals surface area contributed by atoms with E-state index in [0.717, 1.165) is 5.56 Å². The molecule has 1 N–H and O–H groups in total. The van der Waals surface area contributed by atoms with E-state index in [1.807, 2.05) is 38.9 Å². The summed E-state index contributed by atoms with van der Waals surface area (Å²) in [5.41, 5.74) is 0.938. The first-order valence-electron chi connectivity index (χ1n) is 9.17. The van der Waals surface area contributed by atoms with Crippen molar-refractivity contribution in [2.45, 2.75) is 32.4 Å². The molecule has 0 radical (unpaired) electrons. The van der Waals surface area contributed by atoms with Crippen LogP contribution < -0.4 is 10.2 Å². The summed E-state index contributed by atoms with van der Waals surface area (Å²) in [6.07, 6.45) is 3.63. The first-order chi connectivity index (χ1) is 13.2. The second kappa shape index (κ2) is 7.59. The summed E-state index contributed by atoms with van der Waals surface area (Å²) in [6, 6.07) is 4.55. The number of hydrogen-bond donors (Lipinski definition) is 1. The van der Waals surface area contributed by atoms with E-state index in [2.05, 4.69) is 10.4 Å². The highest BCUT2D eigenvalue weighted by molar-refractivity contribution is 5.96. The second-order valence-corrected chi connectivity index (χ2v) is 7.49. The normalized spacial score (nSPS) is 19.7. The van der Waals surface area contributed by atoms with Crippen molar-refractivity contribution in [3.63, 3.8) is 0 Å². The van der Waals surface area contributed by atoms with Crippen molar-refractivity contribution in [1.82, 2.24) is 15.1 Å². The van der Waals surface area contributed by atoms with Gasteiger partial charge in [0.05, 0.1) is 24.3 Å². The highest BCUT2D eigenvalue weighted by Crippen LogP contribution is 2.36. The third-order valence-electron chi connectivity index (χ3n) is 4.78. The first kappa shape index (κ1) is 19.8. The van der Waals surface area contributed by atoms with Crippen LogP contribution >= 0.6 is 0 Å². The third-order valence-corrected chi connectivity index (χ3v) is 4.78.